The minimum atomic E-state index is -0.993. The summed E-state index contributed by atoms with van der Waals surface area (Å²) >= 11 is 1.78. The first-order chi connectivity index (χ1) is 6.77. The highest BCUT2D eigenvalue weighted by Gasteiger charge is 2.20. The highest BCUT2D eigenvalue weighted by atomic mass is 32.2. The Bertz CT molecular complexity index is 333. The standard InChI is InChI=1S/C8H10N2O3S/c11-8(12)5-3-9-7(10-5)6-4-14-2-1-13-6/h3,6H,1-2,4H2,(H,9,10)(H,11,12). The van der Waals surface area contributed by atoms with E-state index in [1.54, 1.807) is 11.8 Å². The zero-order valence-corrected chi connectivity index (χ0v) is 8.21. The number of aromatic nitrogens is 2. The maximum absolute atomic E-state index is 10.6. The number of hydrogen-bond donors (Lipinski definition) is 2. The second-order valence-electron chi connectivity index (χ2n) is 2.92. The molecule has 76 valence electrons. The zero-order valence-electron chi connectivity index (χ0n) is 7.40. The van der Waals surface area contributed by atoms with Crippen LogP contribution in [-0.2, 0) is 4.74 Å². The van der Waals surface area contributed by atoms with Crippen LogP contribution in [0.25, 0.3) is 0 Å². The number of nitrogens with one attached hydrogen (secondary N) is 1. The van der Waals surface area contributed by atoms with Crippen LogP contribution in [-0.4, -0.2) is 39.2 Å². The van der Waals surface area contributed by atoms with Crippen LogP contribution in [0, 0.1) is 0 Å². The first-order valence-electron chi connectivity index (χ1n) is 4.25. The molecule has 1 fully saturated rings. The summed E-state index contributed by atoms with van der Waals surface area (Å²) < 4.78 is 5.45. The minimum absolute atomic E-state index is 0.0955. The Hall–Kier alpha value is -1.01. The van der Waals surface area contributed by atoms with E-state index in [0.29, 0.717) is 12.4 Å². The molecule has 1 atom stereocenters. The third-order valence-electron chi connectivity index (χ3n) is 1.95. The molecule has 2 heterocycles. The maximum atomic E-state index is 10.6. The van der Waals surface area contributed by atoms with Crippen molar-refractivity contribution in [3.05, 3.63) is 17.7 Å². The van der Waals surface area contributed by atoms with Gasteiger partial charge in [-0.25, -0.2) is 9.78 Å². The van der Waals surface area contributed by atoms with Crippen LogP contribution in [0.15, 0.2) is 6.20 Å². The van der Waals surface area contributed by atoms with Crippen molar-refractivity contribution < 1.29 is 14.6 Å². The molecule has 1 aliphatic rings. The fourth-order valence-electron chi connectivity index (χ4n) is 1.25. The lowest BCUT2D eigenvalue weighted by atomic mass is 10.4. The summed E-state index contributed by atoms with van der Waals surface area (Å²) in [6, 6.07) is 0. The molecule has 1 aromatic rings. The van der Waals surface area contributed by atoms with Crippen LogP contribution in [0.4, 0.5) is 0 Å². The Balaban J connectivity index is 2.11. The normalized spacial score (nSPS) is 22.1. The van der Waals surface area contributed by atoms with Crippen molar-refractivity contribution in [3.8, 4) is 0 Å². The first-order valence-corrected chi connectivity index (χ1v) is 5.40. The van der Waals surface area contributed by atoms with E-state index in [1.165, 1.54) is 6.20 Å². The molecular formula is C8H10N2O3S. The van der Waals surface area contributed by atoms with E-state index in [9.17, 15) is 4.79 Å². The second kappa shape index (κ2) is 4.02. The highest BCUT2D eigenvalue weighted by molar-refractivity contribution is 7.99. The van der Waals surface area contributed by atoms with E-state index in [0.717, 1.165) is 11.5 Å². The number of H-pyrrole nitrogens is 1. The minimum Gasteiger partial charge on any atom is -0.477 e. The number of thioether (sulfide) groups is 1. The molecule has 0 saturated carbocycles. The van der Waals surface area contributed by atoms with Crippen molar-refractivity contribution in [1.29, 1.82) is 0 Å². The second-order valence-corrected chi connectivity index (χ2v) is 4.07. The van der Waals surface area contributed by atoms with Crippen LogP contribution >= 0.6 is 11.8 Å². The van der Waals surface area contributed by atoms with Gasteiger partial charge in [0.2, 0.25) is 0 Å². The third-order valence-corrected chi connectivity index (χ3v) is 2.94. The summed E-state index contributed by atoms with van der Waals surface area (Å²) in [7, 11) is 0. The molecule has 1 saturated heterocycles. The number of rotatable bonds is 2. The first kappa shape index (κ1) is 9.54. The van der Waals surface area contributed by atoms with Gasteiger partial charge in [-0.05, 0) is 0 Å². The van der Waals surface area contributed by atoms with Crippen molar-refractivity contribution in [2.24, 2.45) is 0 Å². The van der Waals surface area contributed by atoms with Gasteiger partial charge in [0, 0.05) is 11.5 Å². The monoisotopic (exact) mass is 214 g/mol. The molecule has 14 heavy (non-hydrogen) atoms. The molecule has 0 amide bonds. The Morgan fingerprint density at radius 2 is 2.64 bits per heavy atom. The molecule has 5 nitrogen and oxygen atoms in total. The van der Waals surface area contributed by atoms with E-state index in [2.05, 4.69) is 9.97 Å². The molecular weight excluding hydrogens is 204 g/mol. The number of carboxylic acid groups (broad SMARTS) is 1. The Morgan fingerprint density at radius 1 is 1.79 bits per heavy atom. The summed E-state index contributed by atoms with van der Waals surface area (Å²) in [6.45, 7) is 0.693. The van der Waals surface area contributed by atoms with Crippen LogP contribution in [0.5, 0.6) is 0 Å². The van der Waals surface area contributed by atoms with Gasteiger partial charge in [0.1, 0.15) is 17.6 Å². The van der Waals surface area contributed by atoms with Crippen molar-refractivity contribution in [2.45, 2.75) is 6.10 Å². The molecule has 0 aromatic carbocycles. The van der Waals surface area contributed by atoms with Gasteiger partial charge < -0.3 is 14.8 Å². The summed E-state index contributed by atoms with van der Waals surface area (Å²) in [5, 5.41) is 8.68. The van der Waals surface area contributed by atoms with Gasteiger partial charge in [-0.3, -0.25) is 0 Å². The van der Waals surface area contributed by atoms with E-state index in [4.69, 9.17) is 9.84 Å². The molecule has 1 aliphatic heterocycles. The lowest BCUT2D eigenvalue weighted by Crippen LogP contribution is -2.16. The van der Waals surface area contributed by atoms with Crippen LogP contribution in [0.3, 0.4) is 0 Å². The fraction of sp³-hybridized carbons (Fsp3) is 0.500. The molecule has 0 bridgehead atoms. The number of aromatic carboxylic acids is 1. The smallest absolute Gasteiger partial charge is 0.353 e. The number of imidazole rings is 1. The SMILES string of the molecule is O=C(O)c1cnc(C2CSCCO2)[nH]1. The zero-order chi connectivity index (χ0) is 9.97. The van der Waals surface area contributed by atoms with E-state index >= 15 is 0 Å². The average Bonchev–Trinajstić information content (AvgIpc) is 2.68. The van der Waals surface area contributed by atoms with Gasteiger partial charge in [-0.1, -0.05) is 0 Å². The number of ether oxygens (including phenoxy) is 1. The van der Waals surface area contributed by atoms with Gasteiger partial charge in [-0.15, -0.1) is 0 Å². The molecule has 0 spiro atoms. The van der Waals surface area contributed by atoms with Crippen molar-refractivity contribution in [1.82, 2.24) is 9.97 Å². The Labute approximate surface area is 84.9 Å². The van der Waals surface area contributed by atoms with E-state index in [-0.39, 0.29) is 11.8 Å². The molecule has 1 aromatic heterocycles. The Kier molecular flexibility index (Phi) is 2.74. The summed E-state index contributed by atoms with van der Waals surface area (Å²) in [5.74, 6) is 1.43. The van der Waals surface area contributed by atoms with E-state index < -0.39 is 5.97 Å². The largest absolute Gasteiger partial charge is 0.477 e. The summed E-state index contributed by atoms with van der Waals surface area (Å²) in [5.41, 5.74) is 0.110. The lowest BCUT2D eigenvalue weighted by Gasteiger charge is -2.19. The van der Waals surface area contributed by atoms with E-state index in [1.807, 2.05) is 0 Å². The third kappa shape index (κ3) is 1.91. The predicted octanol–water partition coefficient (Wildman–Crippen LogP) is 0.912. The van der Waals surface area contributed by atoms with Crippen molar-refractivity contribution in [3.63, 3.8) is 0 Å². The highest BCUT2D eigenvalue weighted by Crippen LogP contribution is 2.24. The van der Waals surface area contributed by atoms with Gasteiger partial charge in [0.25, 0.3) is 0 Å². The fourth-order valence-corrected chi connectivity index (χ4v) is 2.10. The number of hydrogen-bond acceptors (Lipinski definition) is 4. The molecule has 2 N–H and O–H groups in total. The topological polar surface area (TPSA) is 75.2 Å². The lowest BCUT2D eigenvalue weighted by molar-refractivity contribution is 0.0673. The molecule has 0 aliphatic carbocycles. The molecule has 6 heteroatoms. The molecule has 1 unspecified atom stereocenters. The molecule has 2 rings (SSSR count). The molecule has 0 radical (unpaired) electrons. The average molecular weight is 214 g/mol. The van der Waals surface area contributed by atoms with Gasteiger partial charge in [0.05, 0.1) is 12.8 Å². The number of carbonyl (C=O) groups is 1. The summed E-state index contributed by atoms with van der Waals surface area (Å²) in [4.78, 5) is 17.3. The quantitative estimate of drug-likeness (QED) is 0.765. The van der Waals surface area contributed by atoms with Crippen LogP contribution in [0.1, 0.15) is 22.4 Å². The number of aromatic amines is 1. The Morgan fingerprint density at radius 3 is 3.21 bits per heavy atom. The van der Waals surface area contributed by atoms with Crippen LogP contribution < -0.4 is 0 Å². The summed E-state index contributed by atoms with van der Waals surface area (Å²) in [6.07, 6.45) is 1.22. The number of nitrogens with zero attached hydrogens (tertiary/aromatic N) is 1. The number of carboxylic acids is 1. The van der Waals surface area contributed by atoms with Crippen molar-refractivity contribution >= 4 is 17.7 Å². The maximum Gasteiger partial charge on any atom is 0.353 e. The van der Waals surface area contributed by atoms with Crippen LogP contribution in [0.2, 0.25) is 0 Å². The van der Waals surface area contributed by atoms with Crippen molar-refractivity contribution in [2.75, 3.05) is 18.1 Å². The van der Waals surface area contributed by atoms with Gasteiger partial charge in [0.15, 0.2) is 0 Å². The van der Waals surface area contributed by atoms with Gasteiger partial charge in [-0.2, -0.15) is 11.8 Å². The van der Waals surface area contributed by atoms with Gasteiger partial charge >= 0.3 is 5.97 Å². The predicted molar refractivity (Wildman–Crippen MR) is 51.6 cm³/mol.